The molecule has 0 spiro atoms. The van der Waals surface area contributed by atoms with E-state index in [9.17, 15) is 4.79 Å². The zero-order chi connectivity index (χ0) is 14.2. The maximum atomic E-state index is 11.6. The Hall–Kier alpha value is -1.55. The number of rotatable bonds is 4. The van der Waals surface area contributed by atoms with Gasteiger partial charge in [-0.2, -0.15) is 0 Å². The van der Waals surface area contributed by atoms with Crippen molar-refractivity contribution in [3.05, 3.63) is 23.8 Å². The van der Waals surface area contributed by atoms with Gasteiger partial charge in [-0.3, -0.25) is 9.69 Å². The van der Waals surface area contributed by atoms with Crippen LogP contribution < -0.4 is 9.47 Å². The smallest absolute Gasteiger partial charge is 0.246 e. The molecule has 0 radical (unpaired) electrons. The second-order valence-electron chi connectivity index (χ2n) is 5.68. The first kappa shape index (κ1) is 13.9. The molecule has 1 heterocycles. The van der Waals surface area contributed by atoms with Crippen LogP contribution in [0, 0.1) is 0 Å². The molecule has 0 amide bonds. The van der Waals surface area contributed by atoms with Gasteiger partial charge >= 0.3 is 0 Å². The van der Waals surface area contributed by atoms with Crippen molar-refractivity contribution in [1.29, 1.82) is 0 Å². The molecule has 0 fully saturated rings. The molecule has 1 aromatic carbocycles. The van der Waals surface area contributed by atoms with Crippen molar-refractivity contribution in [2.75, 3.05) is 14.1 Å². The van der Waals surface area contributed by atoms with E-state index in [1.54, 1.807) is 6.92 Å². The van der Waals surface area contributed by atoms with Gasteiger partial charge in [0, 0.05) is 13.8 Å². The van der Waals surface area contributed by atoms with Crippen LogP contribution in [0.15, 0.2) is 18.2 Å². The monoisotopic (exact) mass is 263 g/mol. The molecular formula is C15H21NO3. The highest BCUT2D eigenvalue weighted by Crippen LogP contribution is 2.39. The molecule has 1 aromatic rings. The summed E-state index contributed by atoms with van der Waals surface area (Å²) in [5.41, 5.74) is 1.08. The fourth-order valence-electron chi connectivity index (χ4n) is 2.31. The first-order valence-corrected chi connectivity index (χ1v) is 6.46. The van der Waals surface area contributed by atoms with Gasteiger partial charge < -0.3 is 9.47 Å². The van der Waals surface area contributed by atoms with Crippen molar-refractivity contribution in [2.45, 2.75) is 39.0 Å². The lowest BCUT2D eigenvalue weighted by Crippen LogP contribution is -2.36. The van der Waals surface area contributed by atoms with E-state index in [2.05, 4.69) is 0 Å². The van der Waals surface area contributed by atoms with E-state index < -0.39 is 5.79 Å². The Morgan fingerprint density at radius 1 is 1.26 bits per heavy atom. The van der Waals surface area contributed by atoms with Crippen molar-refractivity contribution in [1.82, 2.24) is 4.90 Å². The molecule has 1 aliphatic heterocycles. The summed E-state index contributed by atoms with van der Waals surface area (Å²) >= 11 is 0. The third-order valence-corrected chi connectivity index (χ3v) is 3.24. The van der Waals surface area contributed by atoms with Crippen LogP contribution in [-0.4, -0.2) is 36.6 Å². The molecule has 104 valence electrons. The average Bonchev–Trinajstić information content (AvgIpc) is 2.57. The number of hydrogen-bond acceptors (Lipinski definition) is 4. The van der Waals surface area contributed by atoms with Crippen molar-refractivity contribution >= 4 is 5.78 Å². The maximum Gasteiger partial charge on any atom is 0.246 e. The van der Waals surface area contributed by atoms with E-state index >= 15 is 0 Å². The highest BCUT2D eigenvalue weighted by atomic mass is 16.7. The summed E-state index contributed by atoms with van der Waals surface area (Å²) in [6.07, 6.45) is 0.680. The minimum absolute atomic E-state index is 0.103. The lowest BCUT2D eigenvalue weighted by molar-refractivity contribution is -0.121. The zero-order valence-corrected chi connectivity index (χ0v) is 12.2. The zero-order valence-electron chi connectivity index (χ0n) is 12.2. The highest BCUT2D eigenvalue weighted by molar-refractivity contribution is 5.81. The molecule has 0 unspecified atom stereocenters. The lowest BCUT2D eigenvalue weighted by atomic mass is 10.0. The highest BCUT2D eigenvalue weighted by Gasteiger charge is 2.31. The van der Waals surface area contributed by atoms with Crippen LogP contribution in [0.25, 0.3) is 0 Å². The van der Waals surface area contributed by atoms with Crippen molar-refractivity contribution in [2.24, 2.45) is 0 Å². The molecule has 0 bridgehead atoms. The molecule has 0 saturated heterocycles. The normalized spacial score (nSPS) is 17.6. The third-order valence-electron chi connectivity index (χ3n) is 3.24. The summed E-state index contributed by atoms with van der Waals surface area (Å²) in [6, 6.07) is 5.76. The molecule has 0 saturated carbocycles. The molecule has 2 rings (SSSR count). The Bertz CT molecular complexity index is 494. The van der Waals surface area contributed by atoms with E-state index in [0.29, 0.717) is 6.42 Å². The number of likely N-dealkylation sites (N-methyl/N-ethyl adjacent to an activating group) is 1. The van der Waals surface area contributed by atoms with Crippen LogP contribution in [0.4, 0.5) is 0 Å². The largest absolute Gasteiger partial charge is 0.449 e. The Kier molecular flexibility index (Phi) is 3.54. The SMILES string of the molecule is CC(=O)[C@H](Cc1ccc2c(c1)OC(C)(C)O2)N(C)C. The molecule has 1 aliphatic rings. The topological polar surface area (TPSA) is 38.8 Å². The van der Waals surface area contributed by atoms with E-state index in [0.717, 1.165) is 17.1 Å². The van der Waals surface area contributed by atoms with Gasteiger partial charge in [-0.15, -0.1) is 0 Å². The van der Waals surface area contributed by atoms with Gasteiger partial charge in [0.1, 0.15) is 5.78 Å². The van der Waals surface area contributed by atoms with Crippen LogP contribution in [-0.2, 0) is 11.2 Å². The minimum atomic E-state index is -0.609. The number of nitrogens with zero attached hydrogens (tertiary/aromatic N) is 1. The lowest BCUT2D eigenvalue weighted by Gasteiger charge is -2.21. The Morgan fingerprint density at radius 3 is 2.47 bits per heavy atom. The Morgan fingerprint density at radius 2 is 1.89 bits per heavy atom. The number of Topliss-reactive ketones (excluding diaryl/α,β-unsaturated/α-hetero) is 1. The van der Waals surface area contributed by atoms with Crippen molar-refractivity contribution in [3.63, 3.8) is 0 Å². The molecular weight excluding hydrogens is 242 g/mol. The predicted octanol–water partition coefficient (Wildman–Crippen LogP) is 2.26. The number of fused-ring (bicyclic) bond motifs is 1. The maximum absolute atomic E-state index is 11.6. The van der Waals surface area contributed by atoms with Gasteiger partial charge in [0.2, 0.25) is 5.79 Å². The minimum Gasteiger partial charge on any atom is -0.449 e. The molecule has 4 nitrogen and oxygen atoms in total. The second-order valence-corrected chi connectivity index (χ2v) is 5.68. The summed E-state index contributed by atoms with van der Waals surface area (Å²) in [6.45, 7) is 5.39. The molecule has 19 heavy (non-hydrogen) atoms. The number of benzene rings is 1. The van der Waals surface area contributed by atoms with Crippen LogP contribution in [0.3, 0.4) is 0 Å². The van der Waals surface area contributed by atoms with Gasteiger partial charge in [0.15, 0.2) is 11.5 Å². The van der Waals surface area contributed by atoms with Gasteiger partial charge in [-0.05, 0) is 45.1 Å². The number of hydrogen-bond donors (Lipinski definition) is 0. The van der Waals surface area contributed by atoms with Crippen molar-refractivity contribution in [3.8, 4) is 11.5 Å². The van der Waals surface area contributed by atoms with Crippen LogP contribution in [0.2, 0.25) is 0 Å². The van der Waals surface area contributed by atoms with Crippen molar-refractivity contribution < 1.29 is 14.3 Å². The fraction of sp³-hybridized carbons (Fsp3) is 0.533. The van der Waals surface area contributed by atoms with Gasteiger partial charge in [-0.1, -0.05) is 6.07 Å². The second kappa shape index (κ2) is 4.85. The summed E-state index contributed by atoms with van der Waals surface area (Å²) in [4.78, 5) is 13.6. The molecule has 0 aromatic heterocycles. The standard InChI is InChI=1S/C15H21NO3/c1-10(17)12(16(4)5)8-11-6-7-13-14(9-11)19-15(2,3)18-13/h6-7,9,12H,8H2,1-5H3/t12-/m0/s1. The quantitative estimate of drug-likeness (QED) is 0.835. The number of ketones is 1. The van der Waals surface area contributed by atoms with Gasteiger partial charge in [0.25, 0.3) is 0 Å². The van der Waals surface area contributed by atoms with Crippen LogP contribution in [0.5, 0.6) is 11.5 Å². The Balaban J connectivity index is 2.18. The number of carbonyl (C=O) groups is 1. The van der Waals surface area contributed by atoms with E-state index in [4.69, 9.17) is 9.47 Å². The summed E-state index contributed by atoms with van der Waals surface area (Å²) in [5, 5.41) is 0. The molecule has 1 atom stereocenters. The third kappa shape index (κ3) is 3.07. The van der Waals surface area contributed by atoms with E-state index in [1.165, 1.54) is 0 Å². The first-order valence-electron chi connectivity index (χ1n) is 6.46. The predicted molar refractivity (Wildman–Crippen MR) is 73.6 cm³/mol. The average molecular weight is 263 g/mol. The van der Waals surface area contributed by atoms with Gasteiger partial charge in [0.05, 0.1) is 6.04 Å². The summed E-state index contributed by atoms with van der Waals surface area (Å²) in [5.74, 6) is 1.08. The van der Waals surface area contributed by atoms with E-state index in [-0.39, 0.29) is 11.8 Å². The summed E-state index contributed by atoms with van der Waals surface area (Å²) < 4.78 is 11.4. The van der Waals surface area contributed by atoms with Gasteiger partial charge in [-0.25, -0.2) is 0 Å². The van der Waals surface area contributed by atoms with E-state index in [1.807, 2.05) is 51.0 Å². The number of carbonyl (C=O) groups excluding carboxylic acids is 1. The Labute approximate surface area is 114 Å². The summed E-state index contributed by atoms with van der Waals surface area (Å²) in [7, 11) is 3.84. The molecule has 4 heteroatoms. The molecule has 0 aliphatic carbocycles. The number of ether oxygens (including phenoxy) is 2. The van der Waals surface area contributed by atoms with Crippen LogP contribution >= 0.6 is 0 Å². The van der Waals surface area contributed by atoms with Crippen LogP contribution in [0.1, 0.15) is 26.3 Å². The first-order chi connectivity index (χ1) is 8.78. The molecule has 0 N–H and O–H groups in total. The fourth-order valence-corrected chi connectivity index (χ4v) is 2.31.